The Balaban J connectivity index is 2.88. The van der Waals surface area contributed by atoms with E-state index in [1.807, 2.05) is 0 Å². The van der Waals surface area contributed by atoms with Gasteiger partial charge >= 0.3 is 5.97 Å². The predicted molar refractivity (Wildman–Crippen MR) is 54.7 cm³/mol. The number of pyridine rings is 1. The van der Waals surface area contributed by atoms with Gasteiger partial charge in [0, 0.05) is 12.4 Å². The maximum absolute atomic E-state index is 13.2. The molecule has 15 heavy (non-hydrogen) atoms. The van der Waals surface area contributed by atoms with E-state index in [1.54, 1.807) is 26.1 Å². The summed E-state index contributed by atoms with van der Waals surface area (Å²) in [5, 5.41) is 0. The molecule has 1 heterocycles. The van der Waals surface area contributed by atoms with E-state index in [0.717, 1.165) is 11.6 Å². The number of aryl methyl sites for hydroxylation is 1. The molecule has 1 rings (SSSR count). The normalized spacial score (nSPS) is 11.3. The molecule has 0 amide bonds. The van der Waals surface area contributed by atoms with Crippen LogP contribution in [0.2, 0.25) is 0 Å². The summed E-state index contributed by atoms with van der Waals surface area (Å²) in [4.78, 5) is 14.8. The van der Waals surface area contributed by atoms with Crippen LogP contribution in [0.5, 0.6) is 0 Å². The van der Waals surface area contributed by atoms with Crippen molar-refractivity contribution in [3.05, 3.63) is 35.4 Å². The highest BCUT2D eigenvalue weighted by Crippen LogP contribution is 2.12. The average Bonchev–Trinajstić information content (AvgIpc) is 2.21. The van der Waals surface area contributed by atoms with Gasteiger partial charge in [0.25, 0.3) is 0 Å². The van der Waals surface area contributed by atoms with Crippen molar-refractivity contribution in [1.29, 1.82) is 0 Å². The Morgan fingerprint density at radius 3 is 3.00 bits per heavy atom. The lowest BCUT2D eigenvalue weighted by Gasteiger charge is -2.00. The topological polar surface area (TPSA) is 39.2 Å². The van der Waals surface area contributed by atoms with Gasteiger partial charge in [-0.3, -0.25) is 4.98 Å². The van der Waals surface area contributed by atoms with E-state index in [9.17, 15) is 9.18 Å². The first-order chi connectivity index (χ1) is 7.15. The SMILES string of the molecule is CCOC(=O)/C(F)=C/c1ccncc1C. The number of carbonyl (C=O) groups excluding carboxylic acids is 1. The molecule has 0 aliphatic carbocycles. The monoisotopic (exact) mass is 209 g/mol. The van der Waals surface area contributed by atoms with Crippen LogP contribution in [0, 0.1) is 6.92 Å². The Morgan fingerprint density at radius 1 is 1.67 bits per heavy atom. The summed E-state index contributed by atoms with van der Waals surface area (Å²) in [5.41, 5.74) is 1.42. The fourth-order valence-electron chi connectivity index (χ4n) is 1.04. The minimum absolute atomic E-state index is 0.162. The zero-order chi connectivity index (χ0) is 11.3. The van der Waals surface area contributed by atoms with Gasteiger partial charge < -0.3 is 4.74 Å². The number of rotatable bonds is 3. The Labute approximate surface area is 87.6 Å². The number of ether oxygens (including phenoxy) is 1. The van der Waals surface area contributed by atoms with E-state index >= 15 is 0 Å². The highest BCUT2D eigenvalue weighted by molar-refractivity contribution is 5.91. The third-order valence-corrected chi connectivity index (χ3v) is 1.82. The molecule has 0 fully saturated rings. The van der Waals surface area contributed by atoms with E-state index in [1.165, 1.54) is 6.20 Å². The third kappa shape index (κ3) is 3.16. The standard InChI is InChI=1S/C11H12FNO2/c1-3-15-11(14)10(12)6-9-4-5-13-7-8(9)2/h4-7H,3H2,1-2H3/b10-6-. The zero-order valence-electron chi connectivity index (χ0n) is 8.66. The molecule has 3 nitrogen and oxygen atoms in total. The van der Waals surface area contributed by atoms with Gasteiger partial charge in [-0.2, -0.15) is 4.39 Å². The van der Waals surface area contributed by atoms with Gasteiger partial charge in [-0.25, -0.2) is 4.79 Å². The Hall–Kier alpha value is -1.71. The summed E-state index contributed by atoms with van der Waals surface area (Å²) in [7, 11) is 0. The van der Waals surface area contributed by atoms with Crippen LogP contribution in [0.4, 0.5) is 4.39 Å². The van der Waals surface area contributed by atoms with Gasteiger partial charge in [0.15, 0.2) is 0 Å². The summed E-state index contributed by atoms with van der Waals surface area (Å²) in [6, 6.07) is 1.63. The molecule has 0 aliphatic heterocycles. The number of hydrogen-bond donors (Lipinski definition) is 0. The zero-order valence-corrected chi connectivity index (χ0v) is 8.66. The second-order valence-electron chi connectivity index (χ2n) is 2.95. The van der Waals surface area contributed by atoms with Crippen molar-refractivity contribution in [2.75, 3.05) is 6.61 Å². The molecule has 0 bridgehead atoms. The predicted octanol–water partition coefficient (Wildman–Crippen LogP) is 2.26. The quantitative estimate of drug-likeness (QED) is 0.566. The molecule has 0 N–H and O–H groups in total. The average molecular weight is 209 g/mol. The van der Waals surface area contributed by atoms with Gasteiger partial charge in [0.05, 0.1) is 6.61 Å². The van der Waals surface area contributed by atoms with Crippen LogP contribution in [-0.2, 0) is 9.53 Å². The van der Waals surface area contributed by atoms with Crippen LogP contribution >= 0.6 is 0 Å². The second kappa shape index (κ2) is 5.24. The minimum atomic E-state index is -0.936. The first-order valence-corrected chi connectivity index (χ1v) is 4.60. The molecule has 0 radical (unpaired) electrons. The molecular weight excluding hydrogens is 197 g/mol. The number of carbonyl (C=O) groups is 1. The fourth-order valence-corrected chi connectivity index (χ4v) is 1.04. The van der Waals surface area contributed by atoms with Crippen molar-refractivity contribution in [2.45, 2.75) is 13.8 Å². The van der Waals surface area contributed by atoms with E-state index in [0.29, 0.717) is 5.56 Å². The smallest absolute Gasteiger partial charge is 0.367 e. The van der Waals surface area contributed by atoms with Crippen molar-refractivity contribution in [2.24, 2.45) is 0 Å². The molecule has 0 unspecified atom stereocenters. The van der Waals surface area contributed by atoms with E-state index < -0.39 is 11.8 Å². The van der Waals surface area contributed by atoms with Crippen LogP contribution in [-0.4, -0.2) is 17.6 Å². The molecule has 4 heteroatoms. The molecule has 0 saturated carbocycles. The van der Waals surface area contributed by atoms with Crippen molar-refractivity contribution < 1.29 is 13.9 Å². The summed E-state index contributed by atoms with van der Waals surface area (Å²) >= 11 is 0. The third-order valence-electron chi connectivity index (χ3n) is 1.82. The second-order valence-corrected chi connectivity index (χ2v) is 2.95. The Morgan fingerprint density at radius 2 is 2.40 bits per heavy atom. The number of halogens is 1. The molecule has 1 aromatic heterocycles. The van der Waals surface area contributed by atoms with Crippen molar-refractivity contribution >= 4 is 12.0 Å². The van der Waals surface area contributed by atoms with Crippen LogP contribution in [0.15, 0.2) is 24.3 Å². The molecule has 0 aliphatic rings. The largest absolute Gasteiger partial charge is 0.461 e. The number of esters is 1. The molecular formula is C11H12FNO2. The molecule has 0 spiro atoms. The van der Waals surface area contributed by atoms with E-state index in [4.69, 9.17) is 0 Å². The summed E-state index contributed by atoms with van der Waals surface area (Å²) in [5.74, 6) is -1.83. The van der Waals surface area contributed by atoms with Crippen LogP contribution in [0.25, 0.3) is 6.08 Å². The Kier molecular flexibility index (Phi) is 3.97. The molecule has 80 valence electrons. The number of nitrogens with zero attached hydrogens (tertiary/aromatic N) is 1. The van der Waals surface area contributed by atoms with Gasteiger partial charge in [-0.1, -0.05) is 0 Å². The lowest BCUT2D eigenvalue weighted by molar-refractivity contribution is -0.140. The van der Waals surface area contributed by atoms with Gasteiger partial charge in [0.1, 0.15) is 0 Å². The van der Waals surface area contributed by atoms with Crippen molar-refractivity contribution in [3.8, 4) is 0 Å². The van der Waals surface area contributed by atoms with E-state index in [2.05, 4.69) is 9.72 Å². The van der Waals surface area contributed by atoms with Gasteiger partial charge in [-0.15, -0.1) is 0 Å². The van der Waals surface area contributed by atoms with Crippen LogP contribution in [0.1, 0.15) is 18.1 Å². The lowest BCUT2D eigenvalue weighted by Crippen LogP contribution is -2.04. The lowest BCUT2D eigenvalue weighted by atomic mass is 10.1. The van der Waals surface area contributed by atoms with Crippen molar-refractivity contribution in [3.63, 3.8) is 0 Å². The van der Waals surface area contributed by atoms with Crippen molar-refractivity contribution in [1.82, 2.24) is 4.98 Å². The molecule has 1 aromatic rings. The summed E-state index contributed by atoms with van der Waals surface area (Å²) in [6.45, 7) is 3.58. The minimum Gasteiger partial charge on any atom is -0.461 e. The number of aromatic nitrogens is 1. The maximum Gasteiger partial charge on any atom is 0.367 e. The summed E-state index contributed by atoms with van der Waals surface area (Å²) in [6.07, 6.45) is 4.29. The highest BCUT2D eigenvalue weighted by atomic mass is 19.1. The summed E-state index contributed by atoms with van der Waals surface area (Å²) < 4.78 is 17.7. The number of hydrogen-bond acceptors (Lipinski definition) is 3. The first-order valence-electron chi connectivity index (χ1n) is 4.60. The van der Waals surface area contributed by atoms with Gasteiger partial charge in [0.2, 0.25) is 5.83 Å². The van der Waals surface area contributed by atoms with Crippen LogP contribution < -0.4 is 0 Å². The Bertz CT molecular complexity index is 388. The van der Waals surface area contributed by atoms with E-state index in [-0.39, 0.29) is 6.61 Å². The molecule has 0 atom stereocenters. The highest BCUT2D eigenvalue weighted by Gasteiger charge is 2.09. The van der Waals surface area contributed by atoms with Crippen LogP contribution in [0.3, 0.4) is 0 Å². The van der Waals surface area contributed by atoms with Gasteiger partial charge in [-0.05, 0) is 37.1 Å². The first kappa shape index (κ1) is 11.4. The fraction of sp³-hybridized carbons (Fsp3) is 0.273. The molecule has 0 saturated heterocycles. The maximum atomic E-state index is 13.2. The molecule has 0 aromatic carbocycles.